The van der Waals surface area contributed by atoms with Crippen molar-refractivity contribution in [1.29, 1.82) is 0 Å². The highest BCUT2D eigenvalue weighted by Gasteiger charge is 2.32. The smallest absolute Gasteiger partial charge is 0.221 e. The number of rotatable bonds is 5. The second-order valence-electron chi connectivity index (χ2n) is 5.88. The lowest BCUT2D eigenvalue weighted by molar-refractivity contribution is -0.124. The number of benzene rings is 1. The van der Waals surface area contributed by atoms with Crippen LogP contribution in [0.2, 0.25) is 0 Å². The maximum absolute atomic E-state index is 12.1. The highest BCUT2D eigenvalue weighted by molar-refractivity contribution is 7.91. The molecule has 0 spiro atoms. The molecule has 5 nitrogen and oxygen atoms in total. The van der Waals surface area contributed by atoms with Gasteiger partial charge in [-0.05, 0) is 24.8 Å². The Labute approximate surface area is 125 Å². The molecule has 0 saturated carbocycles. The summed E-state index contributed by atoms with van der Waals surface area (Å²) in [6.07, 6.45) is 0.721. The van der Waals surface area contributed by atoms with Gasteiger partial charge >= 0.3 is 0 Å². The number of aliphatic hydroxyl groups is 1. The molecule has 0 radical (unpaired) electrons. The van der Waals surface area contributed by atoms with Crippen molar-refractivity contribution in [3.05, 3.63) is 35.9 Å². The Morgan fingerprint density at radius 3 is 2.57 bits per heavy atom. The maximum atomic E-state index is 12.1. The van der Waals surface area contributed by atoms with Gasteiger partial charge in [-0.1, -0.05) is 30.3 Å². The normalized spacial score (nSPS) is 23.4. The van der Waals surface area contributed by atoms with Crippen molar-refractivity contribution in [1.82, 2.24) is 5.32 Å². The fourth-order valence-corrected chi connectivity index (χ4v) is 4.52. The minimum Gasteiger partial charge on any atom is -0.394 e. The zero-order valence-electron chi connectivity index (χ0n) is 12.1. The van der Waals surface area contributed by atoms with Crippen LogP contribution in [0.1, 0.15) is 25.3 Å². The van der Waals surface area contributed by atoms with Crippen LogP contribution in [0, 0.1) is 5.92 Å². The minimum atomic E-state index is -2.97. The number of nitrogens with one attached hydrogen (secondary N) is 1. The molecule has 21 heavy (non-hydrogen) atoms. The van der Waals surface area contributed by atoms with E-state index in [1.165, 1.54) is 0 Å². The van der Waals surface area contributed by atoms with Gasteiger partial charge in [0.05, 0.1) is 23.7 Å². The van der Waals surface area contributed by atoms with E-state index < -0.39 is 15.4 Å². The maximum Gasteiger partial charge on any atom is 0.221 e. The van der Waals surface area contributed by atoms with E-state index in [1.54, 1.807) is 6.92 Å². The van der Waals surface area contributed by atoms with Crippen LogP contribution in [-0.4, -0.2) is 37.5 Å². The van der Waals surface area contributed by atoms with Crippen LogP contribution < -0.4 is 5.32 Å². The zero-order valence-corrected chi connectivity index (χ0v) is 12.9. The highest BCUT2D eigenvalue weighted by Crippen LogP contribution is 2.24. The third-order valence-corrected chi connectivity index (χ3v) is 5.78. The monoisotopic (exact) mass is 311 g/mol. The molecule has 1 aliphatic rings. The summed E-state index contributed by atoms with van der Waals surface area (Å²) in [6.45, 7) is 1.54. The van der Waals surface area contributed by atoms with Crippen molar-refractivity contribution in [3.63, 3.8) is 0 Å². The number of carbonyl (C=O) groups is 1. The molecule has 116 valence electrons. The first kappa shape index (κ1) is 16.0. The molecule has 1 aliphatic heterocycles. The zero-order chi connectivity index (χ0) is 15.5. The summed E-state index contributed by atoms with van der Waals surface area (Å²) in [5.41, 5.74) is -0.0320. The van der Waals surface area contributed by atoms with Crippen LogP contribution in [0.3, 0.4) is 0 Å². The van der Waals surface area contributed by atoms with E-state index in [4.69, 9.17) is 0 Å². The van der Waals surface area contributed by atoms with E-state index in [0.29, 0.717) is 6.42 Å². The van der Waals surface area contributed by atoms with Crippen LogP contribution in [0.25, 0.3) is 0 Å². The molecule has 0 bridgehead atoms. The third kappa shape index (κ3) is 4.04. The van der Waals surface area contributed by atoms with E-state index in [9.17, 15) is 18.3 Å². The Morgan fingerprint density at radius 1 is 1.38 bits per heavy atom. The molecule has 1 aromatic rings. The van der Waals surface area contributed by atoms with Crippen molar-refractivity contribution >= 4 is 15.7 Å². The van der Waals surface area contributed by atoms with Gasteiger partial charge in [0.2, 0.25) is 5.91 Å². The van der Waals surface area contributed by atoms with Gasteiger partial charge in [-0.15, -0.1) is 0 Å². The number of sulfone groups is 1. The highest BCUT2D eigenvalue weighted by atomic mass is 32.2. The molecule has 2 rings (SSSR count). The van der Waals surface area contributed by atoms with Gasteiger partial charge in [0.25, 0.3) is 0 Å². The molecular weight excluding hydrogens is 290 g/mol. The summed E-state index contributed by atoms with van der Waals surface area (Å²) in [4.78, 5) is 12.1. The number of amides is 1. The molecule has 6 heteroatoms. The second-order valence-corrected chi connectivity index (χ2v) is 8.11. The standard InChI is InChI=1S/C15H21NO4S/c1-15(11-17,13-5-3-2-4-6-13)16-14(18)9-12-7-8-21(19,20)10-12/h2-6,12,17H,7-11H2,1H3,(H,16,18). The molecule has 1 saturated heterocycles. The van der Waals surface area contributed by atoms with Crippen molar-refractivity contribution in [2.75, 3.05) is 18.1 Å². The van der Waals surface area contributed by atoms with Crippen LogP contribution in [0.4, 0.5) is 0 Å². The molecule has 1 aromatic carbocycles. The number of hydrogen-bond acceptors (Lipinski definition) is 4. The minimum absolute atomic E-state index is 0.0849. The molecule has 2 unspecified atom stereocenters. The van der Waals surface area contributed by atoms with Crippen LogP contribution in [-0.2, 0) is 20.2 Å². The number of carbonyl (C=O) groups excluding carboxylic acids is 1. The summed E-state index contributed by atoms with van der Waals surface area (Å²) < 4.78 is 22.8. The largest absolute Gasteiger partial charge is 0.394 e. The van der Waals surface area contributed by atoms with E-state index in [1.807, 2.05) is 30.3 Å². The molecule has 1 heterocycles. The topological polar surface area (TPSA) is 83.5 Å². The number of aliphatic hydroxyl groups excluding tert-OH is 1. The first-order valence-electron chi connectivity index (χ1n) is 7.02. The van der Waals surface area contributed by atoms with Gasteiger partial charge in [-0.25, -0.2) is 8.42 Å². The Morgan fingerprint density at radius 2 is 2.05 bits per heavy atom. The molecule has 0 aromatic heterocycles. The lowest BCUT2D eigenvalue weighted by atomic mass is 9.92. The van der Waals surface area contributed by atoms with E-state index >= 15 is 0 Å². The summed E-state index contributed by atoms with van der Waals surface area (Å²) in [5.74, 6) is -0.0890. The summed E-state index contributed by atoms with van der Waals surface area (Å²) in [5, 5.41) is 12.5. The van der Waals surface area contributed by atoms with Crippen molar-refractivity contribution < 1.29 is 18.3 Å². The lowest BCUT2D eigenvalue weighted by Crippen LogP contribution is -2.46. The Bertz CT molecular complexity index is 599. The summed E-state index contributed by atoms with van der Waals surface area (Å²) >= 11 is 0. The molecular formula is C15H21NO4S. The Balaban J connectivity index is 2.00. The summed E-state index contributed by atoms with van der Waals surface area (Å²) in [6, 6.07) is 9.25. The van der Waals surface area contributed by atoms with E-state index in [2.05, 4.69) is 5.32 Å². The first-order chi connectivity index (χ1) is 9.85. The SMILES string of the molecule is CC(CO)(NC(=O)CC1CCS(=O)(=O)C1)c1ccccc1. The summed E-state index contributed by atoms with van der Waals surface area (Å²) in [7, 11) is -2.97. The first-order valence-corrected chi connectivity index (χ1v) is 8.84. The molecule has 0 aliphatic carbocycles. The van der Waals surface area contributed by atoms with Gasteiger partial charge in [0.15, 0.2) is 9.84 Å². The average molecular weight is 311 g/mol. The van der Waals surface area contributed by atoms with E-state index in [0.717, 1.165) is 5.56 Å². The van der Waals surface area contributed by atoms with Gasteiger partial charge in [0.1, 0.15) is 0 Å². The Kier molecular flexibility index (Phi) is 4.68. The second kappa shape index (κ2) is 6.15. The van der Waals surface area contributed by atoms with Crippen LogP contribution in [0.5, 0.6) is 0 Å². The van der Waals surface area contributed by atoms with Crippen molar-refractivity contribution in [2.24, 2.45) is 5.92 Å². The third-order valence-electron chi connectivity index (χ3n) is 3.94. The molecule has 2 atom stereocenters. The van der Waals surface area contributed by atoms with Gasteiger partial charge in [-0.2, -0.15) is 0 Å². The van der Waals surface area contributed by atoms with Crippen LogP contribution in [0.15, 0.2) is 30.3 Å². The quantitative estimate of drug-likeness (QED) is 0.844. The average Bonchev–Trinajstić information content (AvgIpc) is 2.78. The van der Waals surface area contributed by atoms with E-state index in [-0.39, 0.29) is 36.4 Å². The molecule has 1 amide bonds. The fourth-order valence-electron chi connectivity index (χ4n) is 2.66. The van der Waals surface area contributed by atoms with Gasteiger partial charge in [0, 0.05) is 6.42 Å². The van der Waals surface area contributed by atoms with Gasteiger partial charge in [-0.3, -0.25) is 4.79 Å². The molecule has 1 fully saturated rings. The Hall–Kier alpha value is -1.40. The molecule has 2 N–H and O–H groups in total. The number of hydrogen-bond donors (Lipinski definition) is 2. The van der Waals surface area contributed by atoms with Crippen LogP contribution >= 0.6 is 0 Å². The predicted octanol–water partition coefficient (Wildman–Crippen LogP) is 0.835. The van der Waals surface area contributed by atoms with Crippen molar-refractivity contribution in [2.45, 2.75) is 25.3 Å². The van der Waals surface area contributed by atoms with Gasteiger partial charge < -0.3 is 10.4 Å². The fraction of sp³-hybridized carbons (Fsp3) is 0.533. The van der Waals surface area contributed by atoms with Crippen molar-refractivity contribution in [3.8, 4) is 0 Å². The lowest BCUT2D eigenvalue weighted by Gasteiger charge is -2.29. The predicted molar refractivity (Wildman–Crippen MR) is 80.4 cm³/mol.